The summed E-state index contributed by atoms with van der Waals surface area (Å²) < 4.78 is 50.1. The van der Waals surface area contributed by atoms with Gasteiger partial charge in [0.05, 0.1) is 27.1 Å². The Balaban J connectivity index is 1.69. The van der Waals surface area contributed by atoms with Crippen LogP contribution in [-0.2, 0) is 12.6 Å². The fourth-order valence-corrected chi connectivity index (χ4v) is 5.83. The van der Waals surface area contributed by atoms with Gasteiger partial charge in [0.1, 0.15) is 17.2 Å². The van der Waals surface area contributed by atoms with E-state index in [0.29, 0.717) is 27.5 Å². The average Bonchev–Trinajstić information content (AvgIpc) is 3.46. The molecule has 10 heteroatoms. The van der Waals surface area contributed by atoms with Gasteiger partial charge in [-0.2, -0.15) is 0 Å². The number of hydrogen-bond donors (Lipinski definition) is 1. The summed E-state index contributed by atoms with van der Waals surface area (Å²) in [6.45, 7) is 4.93. The number of halogens is 3. The van der Waals surface area contributed by atoms with Crippen LogP contribution < -0.4 is 10.3 Å². The van der Waals surface area contributed by atoms with Crippen molar-refractivity contribution in [2.75, 3.05) is 13.1 Å². The summed E-state index contributed by atoms with van der Waals surface area (Å²) in [6, 6.07) is 9.34. The highest BCUT2D eigenvalue weighted by Gasteiger charge is 2.37. The lowest BCUT2D eigenvalue weighted by molar-refractivity contribution is 0.0764. The molecule has 6 nitrogen and oxygen atoms in total. The SMILES string of the molecule is Cn1cc(-c2cc(C(C)(C)O)ccc2Oc2ccc(F)cc2F)c2sc(C(=O)N3CCC(C)(F)C3)cc2c1=O. The first-order chi connectivity index (χ1) is 18.2. The van der Waals surface area contributed by atoms with Crippen molar-refractivity contribution in [1.29, 1.82) is 0 Å². The lowest BCUT2D eigenvalue weighted by Crippen LogP contribution is -2.31. The Morgan fingerprint density at radius 1 is 1.10 bits per heavy atom. The molecule has 0 saturated carbocycles. The van der Waals surface area contributed by atoms with Crippen LogP contribution in [0.15, 0.2) is 53.5 Å². The van der Waals surface area contributed by atoms with E-state index < -0.39 is 22.9 Å². The van der Waals surface area contributed by atoms with E-state index in [-0.39, 0.29) is 52.7 Å². The molecule has 1 unspecified atom stereocenters. The molecule has 1 fully saturated rings. The van der Waals surface area contributed by atoms with E-state index in [1.165, 1.54) is 28.5 Å². The largest absolute Gasteiger partial charge is 0.454 e. The lowest BCUT2D eigenvalue weighted by atomic mass is 9.94. The van der Waals surface area contributed by atoms with Gasteiger partial charge in [0.15, 0.2) is 11.6 Å². The molecule has 3 heterocycles. The summed E-state index contributed by atoms with van der Waals surface area (Å²) in [5.41, 5.74) is -1.56. The first-order valence-corrected chi connectivity index (χ1v) is 13.2. The van der Waals surface area contributed by atoms with Crippen LogP contribution in [0.4, 0.5) is 13.2 Å². The molecule has 4 aromatic rings. The van der Waals surface area contributed by atoms with Crippen LogP contribution in [0.3, 0.4) is 0 Å². The van der Waals surface area contributed by atoms with Gasteiger partial charge in [-0.25, -0.2) is 13.2 Å². The number of aryl methyl sites for hydroxylation is 1. The number of carbonyl (C=O) groups is 1. The second kappa shape index (κ2) is 9.53. The number of hydrogen-bond acceptors (Lipinski definition) is 5. The van der Waals surface area contributed by atoms with Gasteiger partial charge in [-0.1, -0.05) is 6.07 Å². The minimum atomic E-state index is -1.47. The Kier molecular flexibility index (Phi) is 6.59. The number of ether oxygens (including phenoxy) is 1. The molecule has 1 aliphatic rings. The van der Waals surface area contributed by atoms with Crippen molar-refractivity contribution < 1.29 is 27.8 Å². The molecule has 0 bridgehead atoms. The van der Waals surface area contributed by atoms with E-state index >= 15 is 0 Å². The Morgan fingerprint density at radius 3 is 2.46 bits per heavy atom. The van der Waals surface area contributed by atoms with Gasteiger partial charge in [-0.05, 0) is 56.7 Å². The Labute approximate surface area is 226 Å². The number of amides is 1. The molecule has 0 spiro atoms. The second-order valence-electron chi connectivity index (χ2n) is 10.6. The number of rotatable bonds is 5. The quantitative estimate of drug-likeness (QED) is 0.321. The van der Waals surface area contributed by atoms with Gasteiger partial charge in [0.2, 0.25) is 0 Å². The standard InChI is InChI=1S/C29H27F3N2O4S/c1-28(2,37)16-5-7-22(38-23-8-6-17(30)12-21(23)31)18(11-16)20-14-33(4)26(35)19-13-24(39-25(19)20)27(36)34-10-9-29(3,32)15-34/h5-8,11-14,37H,9-10,15H2,1-4H3. The predicted octanol–water partition coefficient (Wildman–Crippen LogP) is 6.14. The third-order valence-electron chi connectivity index (χ3n) is 6.86. The molecule has 2 aromatic carbocycles. The number of aliphatic hydroxyl groups is 1. The van der Waals surface area contributed by atoms with Crippen LogP contribution in [0, 0.1) is 11.6 Å². The van der Waals surface area contributed by atoms with E-state index in [9.17, 15) is 27.9 Å². The van der Waals surface area contributed by atoms with E-state index in [1.54, 1.807) is 45.3 Å². The maximum absolute atomic E-state index is 14.5. The number of likely N-dealkylation sites (tertiary alicyclic amines) is 1. The van der Waals surface area contributed by atoms with Crippen LogP contribution in [0.1, 0.15) is 42.4 Å². The minimum absolute atomic E-state index is 0.0280. The summed E-state index contributed by atoms with van der Waals surface area (Å²) in [4.78, 5) is 28.0. The summed E-state index contributed by atoms with van der Waals surface area (Å²) in [7, 11) is 1.57. The zero-order chi connectivity index (χ0) is 28.3. The molecule has 1 saturated heterocycles. The third kappa shape index (κ3) is 5.18. The molecule has 1 amide bonds. The number of carbonyl (C=O) groups excluding carboxylic acids is 1. The van der Waals surface area contributed by atoms with Gasteiger partial charge < -0.3 is 19.3 Å². The summed E-state index contributed by atoms with van der Waals surface area (Å²) in [5, 5.41) is 11.0. The molecule has 2 aromatic heterocycles. The molecule has 0 radical (unpaired) electrons. The van der Waals surface area contributed by atoms with E-state index in [1.807, 2.05) is 0 Å². The number of pyridine rings is 1. The topological polar surface area (TPSA) is 71.8 Å². The normalized spacial score (nSPS) is 17.7. The van der Waals surface area contributed by atoms with E-state index in [0.717, 1.165) is 17.4 Å². The number of fused-ring (bicyclic) bond motifs is 1. The second-order valence-corrected chi connectivity index (χ2v) is 11.7. The van der Waals surface area contributed by atoms with Crippen molar-refractivity contribution in [2.45, 2.75) is 38.5 Å². The molecule has 1 N–H and O–H groups in total. The molecular weight excluding hydrogens is 529 g/mol. The monoisotopic (exact) mass is 556 g/mol. The smallest absolute Gasteiger partial charge is 0.264 e. The van der Waals surface area contributed by atoms with Gasteiger partial charge in [-0.15, -0.1) is 11.3 Å². The number of thiophene rings is 1. The molecule has 204 valence electrons. The van der Waals surface area contributed by atoms with Gasteiger partial charge in [-0.3, -0.25) is 9.59 Å². The van der Waals surface area contributed by atoms with Crippen LogP contribution in [0.5, 0.6) is 11.5 Å². The molecule has 0 aliphatic carbocycles. The average molecular weight is 557 g/mol. The summed E-state index contributed by atoms with van der Waals surface area (Å²) in [5.74, 6) is -2.02. The van der Waals surface area contributed by atoms with Crippen LogP contribution in [0.25, 0.3) is 21.2 Å². The summed E-state index contributed by atoms with van der Waals surface area (Å²) in [6.07, 6.45) is 1.82. The molecule has 5 rings (SSSR count). The van der Waals surface area contributed by atoms with Crippen molar-refractivity contribution >= 4 is 27.3 Å². The number of alkyl halides is 1. The van der Waals surface area contributed by atoms with Crippen molar-refractivity contribution in [3.63, 3.8) is 0 Å². The number of aromatic nitrogens is 1. The maximum Gasteiger partial charge on any atom is 0.264 e. The van der Waals surface area contributed by atoms with Crippen LogP contribution in [0.2, 0.25) is 0 Å². The van der Waals surface area contributed by atoms with E-state index in [4.69, 9.17) is 4.74 Å². The molecule has 1 aliphatic heterocycles. The fourth-order valence-electron chi connectivity index (χ4n) is 4.69. The van der Waals surface area contributed by atoms with Gasteiger partial charge in [0, 0.05) is 43.4 Å². The van der Waals surface area contributed by atoms with Crippen molar-refractivity contribution in [3.05, 3.63) is 81.1 Å². The first kappa shape index (κ1) is 27.0. The van der Waals surface area contributed by atoms with Crippen molar-refractivity contribution in [2.24, 2.45) is 7.05 Å². The Hall–Kier alpha value is -3.63. The molecular formula is C29H27F3N2O4S. The number of benzene rings is 2. The van der Waals surface area contributed by atoms with Crippen LogP contribution >= 0.6 is 11.3 Å². The first-order valence-electron chi connectivity index (χ1n) is 12.3. The highest BCUT2D eigenvalue weighted by Crippen LogP contribution is 2.42. The predicted molar refractivity (Wildman–Crippen MR) is 144 cm³/mol. The zero-order valence-electron chi connectivity index (χ0n) is 21.8. The van der Waals surface area contributed by atoms with Crippen molar-refractivity contribution in [3.8, 4) is 22.6 Å². The van der Waals surface area contributed by atoms with Crippen LogP contribution in [-0.4, -0.2) is 39.2 Å². The van der Waals surface area contributed by atoms with Crippen molar-refractivity contribution in [1.82, 2.24) is 9.47 Å². The van der Waals surface area contributed by atoms with Gasteiger partial charge >= 0.3 is 0 Å². The zero-order valence-corrected chi connectivity index (χ0v) is 22.7. The highest BCUT2D eigenvalue weighted by molar-refractivity contribution is 7.21. The minimum Gasteiger partial charge on any atom is -0.454 e. The molecule has 39 heavy (non-hydrogen) atoms. The Morgan fingerprint density at radius 2 is 1.82 bits per heavy atom. The molecule has 1 atom stereocenters. The maximum atomic E-state index is 14.5. The van der Waals surface area contributed by atoms with Gasteiger partial charge in [0.25, 0.3) is 11.5 Å². The van der Waals surface area contributed by atoms with E-state index in [2.05, 4.69) is 0 Å². The highest BCUT2D eigenvalue weighted by atomic mass is 32.1. The Bertz CT molecular complexity index is 1670. The third-order valence-corrected chi connectivity index (χ3v) is 8.02. The fraction of sp³-hybridized carbons (Fsp3) is 0.310. The number of nitrogens with zero attached hydrogens (tertiary/aromatic N) is 2. The lowest BCUT2D eigenvalue weighted by Gasteiger charge is -2.21. The summed E-state index contributed by atoms with van der Waals surface area (Å²) >= 11 is 1.10.